The smallest absolute Gasteiger partial charge is 0.480 e. The molecule has 2 aromatic rings. The third kappa shape index (κ3) is 14.6. The molecule has 0 aliphatic carbocycles. The highest BCUT2D eigenvalue weighted by atomic mass is 19.4. The Morgan fingerprint density at radius 3 is 2.29 bits per heavy atom. The number of aromatic nitrogens is 1. The minimum absolute atomic E-state index is 0.0845. The van der Waals surface area contributed by atoms with Gasteiger partial charge in [0.2, 0.25) is 11.8 Å². The summed E-state index contributed by atoms with van der Waals surface area (Å²) in [4.78, 5) is 61.7. The molecule has 15 heteroatoms. The number of hydrogen-bond acceptors (Lipinski definition) is 7. The number of halogens is 3. The molecule has 2 atom stereocenters. The quantitative estimate of drug-likeness (QED) is 0.171. The number of rotatable bonds is 13. The molecular weight excluding hydrogens is 551 g/mol. The van der Waals surface area contributed by atoms with Crippen molar-refractivity contribution in [1.82, 2.24) is 20.9 Å². The zero-order chi connectivity index (χ0) is 31.0. The van der Waals surface area contributed by atoms with Gasteiger partial charge in [-0.3, -0.25) is 19.2 Å². The number of carbonyl (C=O) groups excluding carboxylic acids is 4. The van der Waals surface area contributed by atoms with Crippen molar-refractivity contribution in [2.75, 3.05) is 13.1 Å². The third-order valence-corrected chi connectivity index (χ3v) is 5.34. The lowest BCUT2D eigenvalue weighted by Crippen LogP contribution is -2.50. The molecule has 0 radical (unpaired) electrons. The summed E-state index contributed by atoms with van der Waals surface area (Å²) in [6.45, 7) is 3.19. The third-order valence-electron chi connectivity index (χ3n) is 5.34. The van der Waals surface area contributed by atoms with E-state index in [2.05, 4.69) is 31.4 Å². The Kier molecular flexibility index (Phi) is 14.8. The maximum Gasteiger partial charge on any atom is 0.575 e. The predicted octanol–water partition coefficient (Wildman–Crippen LogP) is 1.30. The van der Waals surface area contributed by atoms with E-state index in [1.54, 1.807) is 25.1 Å². The molecule has 1 heterocycles. The number of benzene rings is 1. The van der Waals surface area contributed by atoms with Crippen LogP contribution >= 0.6 is 0 Å². The summed E-state index contributed by atoms with van der Waals surface area (Å²) >= 11 is 0. The lowest BCUT2D eigenvalue weighted by Gasteiger charge is -2.15. The van der Waals surface area contributed by atoms with E-state index in [4.69, 9.17) is 0 Å². The van der Waals surface area contributed by atoms with Gasteiger partial charge in [-0.15, -0.1) is 13.2 Å². The van der Waals surface area contributed by atoms with Gasteiger partial charge in [0.15, 0.2) is 0 Å². The topological polar surface area (TPSA) is 191 Å². The van der Waals surface area contributed by atoms with Gasteiger partial charge in [0.1, 0.15) is 17.8 Å². The number of nitrogens with zero attached hydrogens (tertiary/aromatic N) is 1. The highest BCUT2D eigenvalue weighted by molar-refractivity contribution is 5.97. The van der Waals surface area contributed by atoms with Crippen molar-refractivity contribution >= 4 is 40.6 Å². The second kappa shape index (κ2) is 17.4. The van der Waals surface area contributed by atoms with Gasteiger partial charge in [0.05, 0.1) is 12.1 Å². The molecule has 12 nitrogen and oxygen atoms in total. The molecule has 41 heavy (non-hydrogen) atoms. The first-order chi connectivity index (χ1) is 19.2. The number of esters is 1. The number of aliphatic carboxylic acids is 1. The van der Waals surface area contributed by atoms with Crippen LogP contribution in [0.1, 0.15) is 56.4 Å². The normalized spacial score (nSPS) is 12.2. The molecule has 2 rings (SSSR count). The van der Waals surface area contributed by atoms with E-state index in [9.17, 15) is 42.3 Å². The van der Waals surface area contributed by atoms with Crippen LogP contribution in [0.25, 0.3) is 10.9 Å². The molecule has 0 aliphatic heterocycles. The number of para-hydroxylation sites is 1. The van der Waals surface area contributed by atoms with E-state index >= 15 is 0 Å². The van der Waals surface area contributed by atoms with Gasteiger partial charge in [0.25, 0.3) is 5.91 Å². The molecule has 3 amide bonds. The molecule has 0 spiro atoms. The first kappa shape index (κ1) is 34.8. The number of ether oxygens (including phenoxy) is 1. The number of carboxylic acids is 1. The SMILES string of the molecule is CC(=O)OC(F)(F)F.CC(NC(=O)c1ccc2ccccc2n1)C(=O)NCCCC(=O)NC(CCCC[NH3+])C(=O)O. The molecule has 0 aliphatic rings. The van der Waals surface area contributed by atoms with Crippen molar-refractivity contribution in [2.45, 2.75) is 64.4 Å². The summed E-state index contributed by atoms with van der Waals surface area (Å²) in [7, 11) is 0. The van der Waals surface area contributed by atoms with Crippen LogP contribution in [0.4, 0.5) is 13.2 Å². The summed E-state index contributed by atoms with van der Waals surface area (Å²) in [6.07, 6.45) is -2.56. The average molecular weight is 587 g/mol. The Labute approximate surface area is 234 Å². The first-order valence-corrected chi connectivity index (χ1v) is 12.8. The van der Waals surface area contributed by atoms with E-state index in [0.29, 0.717) is 31.7 Å². The Morgan fingerprint density at radius 1 is 1.02 bits per heavy atom. The van der Waals surface area contributed by atoms with Crippen molar-refractivity contribution in [1.29, 1.82) is 0 Å². The van der Waals surface area contributed by atoms with Crippen molar-refractivity contribution in [3.63, 3.8) is 0 Å². The van der Waals surface area contributed by atoms with Crippen LogP contribution in [0.2, 0.25) is 0 Å². The lowest BCUT2D eigenvalue weighted by atomic mass is 10.1. The minimum Gasteiger partial charge on any atom is -0.480 e. The first-order valence-electron chi connectivity index (χ1n) is 12.8. The Morgan fingerprint density at radius 2 is 1.71 bits per heavy atom. The number of unbranched alkanes of at least 4 members (excludes halogenated alkanes) is 1. The van der Waals surface area contributed by atoms with Crippen molar-refractivity contribution < 1.29 is 52.7 Å². The minimum atomic E-state index is -4.83. The summed E-state index contributed by atoms with van der Waals surface area (Å²) < 4.78 is 35.4. The maximum absolute atomic E-state index is 12.4. The zero-order valence-corrected chi connectivity index (χ0v) is 22.8. The molecule has 0 saturated heterocycles. The van der Waals surface area contributed by atoms with Gasteiger partial charge >= 0.3 is 18.3 Å². The average Bonchev–Trinajstić information content (AvgIpc) is 2.89. The predicted molar refractivity (Wildman–Crippen MR) is 140 cm³/mol. The number of carboxylic acid groups (broad SMARTS) is 1. The molecule has 226 valence electrons. The van der Waals surface area contributed by atoms with Gasteiger partial charge in [-0.2, -0.15) is 0 Å². The zero-order valence-electron chi connectivity index (χ0n) is 22.8. The second-order valence-corrected chi connectivity index (χ2v) is 8.83. The van der Waals surface area contributed by atoms with E-state index in [0.717, 1.165) is 18.4 Å². The highest BCUT2D eigenvalue weighted by Gasteiger charge is 2.32. The number of fused-ring (bicyclic) bond motifs is 1. The van der Waals surface area contributed by atoms with Crippen molar-refractivity contribution in [3.05, 3.63) is 42.1 Å². The van der Waals surface area contributed by atoms with Crippen LogP contribution in [-0.4, -0.2) is 71.3 Å². The van der Waals surface area contributed by atoms with Crippen molar-refractivity contribution in [3.8, 4) is 0 Å². The Balaban J connectivity index is 0.000000915. The largest absolute Gasteiger partial charge is 0.575 e. The Hall–Kier alpha value is -4.27. The van der Waals surface area contributed by atoms with Gasteiger partial charge in [0, 0.05) is 25.3 Å². The van der Waals surface area contributed by atoms with Crippen LogP contribution in [0.3, 0.4) is 0 Å². The Bertz CT molecular complexity index is 1190. The van der Waals surface area contributed by atoms with Crippen LogP contribution < -0.4 is 21.7 Å². The lowest BCUT2D eigenvalue weighted by molar-refractivity contribution is -0.368. The molecule has 2 unspecified atom stereocenters. The fourth-order valence-electron chi connectivity index (χ4n) is 3.35. The molecule has 7 N–H and O–H groups in total. The summed E-state index contributed by atoms with van der Waals surface area (Å²) in [5, 5.41) is 17.9. The number of pyridine rings is 1. The van der Waals surface area contributed by atoms with Gasteiger partial charge in [-0.25, -0.2) is 9.78 Å². The number of nitrogens with one attached hydrogen (secondary N) is 3. The van der Waals surface area contributed by atoms with Crippen LogP contribution in [0, 0.1) is 0 Å². The van der Waals surface area contributed by atoms with E-state index in [-0.39, 0.29) is 30.5 Å². The molecule has 0 saturated carbocycles. The standard InChI is InChI=1S/C23H31N5O5.C3H3F3O2/c1-15(26-22(31)18-12-11-16-7-2-3-8-17(16)27-18)21(30)25-14-6-10-20(29)28-19(23(32)33)9-4-5-13-24;1-2(7)8-3(4,5)6/h2-3,7-8,11-12,15,19H,4-6,9-10,13-14,24H2,1H3,(H,25,30)(H,26,31)(H,28,29)(H,32,33);1H3/p+1. The van der Waals surface area contributed by atoms with Gasteiger partial charge in [-0.1, -0.05) is 24.3 Å². The number of alkyl halides is 3. The second-order valence-electron chi connectivity index (χ2n) is 8.83. The van der Waals surface area contributed by atoms with Gasteiger partial charge in [-0.05, 0) is 44.7 Å². The van der Waals surface area contributed by atoms with Crippen molar-refractivity contribution in [2.24, 2.45) is 0 Å². The number of carbonyl (C=O) groups is 5. The van der Waals surface area contributed by atoms with Gasteiger partial charge < -0.3 is 31.5 Å². The molecular formula is C26H35F3N5O7+. The highest BCUT2D eigenvalue weighted by Crippen LogP contribution is 2.15. The van der Waals surface area contributed by atoms with Crippen LogP contribution in [-0.2, 0) is 23.9 Å². The number of quaternary nitrogens is 1. The van der Waals surface area contributed by atoms with Crippen LogP contribution in [0.5, 0.6) is 0 Å². The van der Waals surface area contributed by atoms with E-state index in [1.807, 2.05) is 18.2 Å². The van der Waals surface area contributed by atoms with E-state index in [1.165, 1.54) is 0 Å². The molecule has 0 fully saturated rings. The maximum atomic E-state index is 12.4. The molecule has 1 aromatic carbocycles. The van der Waals surface area contributed by atoms with Crippen LogP contribution in [0.15, 0.2) is 36.4 Å². The summed E-state index contributed by atoms with van der Waals surface area (Å²) in [5.41, 5.74) is 4.62. The summed E-state index contributed by atoms with van der Waals surface area (Å²) in [6, 6.07) is 9.11. The number of amides is 3. The fraction of sp³-hybridized carbons (Fsp3) is 0.462. The summed E-state index contributed by atoms with van der Waals surface area (Å²) in [5.74, 6) is -3.64. The van der Waals surface area contributed by atoms with E-state index < -0.39 is 36.3 Å². The number of hydrogen-bond donors (Lipinski definition) is 5. The molecule has 1 aromatic heterocycles. The molecule has 0 bridgehead atoms. The fourth-order valence-corrected chi connectivity index (χ4v) is 3.35. The monoisotopic (exact) mass is 586 g/mol.